The second-order valence-electron chi connectivity index (χ2n) is 5.08. The smallest absolute Gasteiger partial charge is 0.431 e. The highest BCUT2D eigenvalue weighted by molar-refractivity contribution is 5.99. The zero-order chi connectivity index (χ0) is 17.0. The Labute approximate surface area is 130 Å². The molecule has 1 aliphatic heterocycles. The number of nitrogens with one attached hydrogen (secondary N) is 1. The Bertz CT molecular complexity index is 649. The van der Waals surface area contributed by atoms with E-state index in [4.69, 9.17) is 10.8 Å². The van der Waals surface area contributed by atoms with Gasteiger partial charge in [0.2, 0.25) is 0 Å². The lowest BCUT2D eigenvalue weighted by Gasteiger charge is -2.21. The summed E-state index contributed by atoms with van der Waals surface area (Å²) in [6, 6.07) is 6.05. The molecule has 0 spiro atoms. The van der Waals surface area contributed by atoms with Gasteiger partial charge < -0.3 is 16.2 Å². The summed E-state index contributed by atoms with van der Waals surface area (Å²) in [5.41, 5.74) is 4.94. The molecule has 1 heterocycles. The van der Waals surface area contributed by atoms with Crippen LogP contribution in [0.3, 0.4) is 0 Å². The van der Waals surface area contributed by atoms with Gasteiger partial charge in [-0.3, -0.25) is 4.99 Å². The number of aromatic carboxylic acids is 1. The molecule has 1 aromatic carbocycles. The molecule has 0 radical (unpaired) electrons. The number of amidine groups is 1. The van der Waals surface area contributed by atoms with Gasteiger partial charge in [-0.1, -0.05) is 12.1 Å². The Hall–Kier alpha value is -2.51. The minimum absolute atomic E-state index is 0.0223. The zero-order valence-electron chi connectivity index (χ0n) is 12.2. The maximum atomic E-state index is 12.8. The van der Waals surface area contributed by atoms with Crippen molar-refractivity contribution in [3.63, 3.8) is 0 Å². The molecule has 4 N–H and O–H groups in total. The van der Waals surface area contributed by atoms with Crippen LogP contribution < -0.4 is 11.1 Å². The molecular formula is C15H16F3N3O2. The normalized spacial score (nSPS) is 17.4. The van der Waals surface area contributed by atoms with Crippen molar-refractivity contribution < 1.29 is 23.1 Å². The first-order valence-electron chi connectivity index (χ1n) is 6.96. The quantitative estimate of drug-likeness (QED) is 0.796. The summed E-state index contributed by atoms with van der Waals surface area (Å²) in [5, 5.41) is 11.7. The van der Waals surface area contributed by atoms with Crippen molar-refractivity contribution in [1.82, 2.24) is 5.32 Å². The van der Waals surface area contributed by atoms with Crippen LogP contribution >= 0.6 is 0 Å². The van der Waals surface area contributed by atoms with Crippen molar-refractivity contribution in [3.8, 4) is 0 Å². The molecule has 0 bridgehead atoms. The number of alkyl halides is 3. The lowest BCUT2D eigenvalue weighted by molar-refractivity contribution is -0.0933. The lowest BCUT2D eigenvalue weighted by Crippen LogP contribution is -2.33. The van der Waals surface area contributed by atoms with E-state index >= 15 is 0 Å². The van der Waals surface area contributed by atoms with E-state index in [0.29, 0.717) is 13.0 Å². The number of hydrogen-bond acceptors (Lipinski definition) is 4. The average Bonchev–Trinajstić information content (AvgIpc) is 2.52. The van der Waals surface area contributed by atoms with Crippen LogP contribution in [0.25, 0.3) is 0 Å². The van der Waals surface area contributed by atoms with E-state index in [1.54, 1.807) is 12.1 Å². The third kappa shape index (κ3) is 4.24. The van der Waals surface area contributed by atoms with E-state index in [2.05, 4.69) is 10.3 Å². The van der Waals surface area contributed by atoms with Gasteiger partial charge >= 0.3 is 12.1 Å². The van der Waals surface area contributed by atoms with Gasteiger partial charge in [0.1, 0.15) is 11.5 Å². The molecule has 0 aromatic heterocycles. The summed E-state index contributed by atoms with van der Waals surface area (Å²) in [6.07, 6.45) is -3.85. The van der Waals surface area contributed by atoms with Crippen molar-refractivity contribution in [2.45, 2.75) is 25.6 Å². The Balaban J connectivity index is 2.12. The maximum Gasteiger partial charge on any atom is 0.431 e. The van der Waals surface area contributed by atoms with Gasteiger partial charge in [0.15, 0.2) is 0 Å². The Kier molecular flexibility index (Phi) is 4.92. The van der Waals surface area contributed by atoms with Crippen LogP contribution in [-0.4, -0.2) is 29.6 Å². The van der Waals surface area contributed by atoms with Gasteiger partial charge in [0.05, 0.1) is 5.56 Å². The first-order valence-corrected chi connectivity index (χ1v) is 6.96. The number of carbonyl (C=O) groups is 1. The molecule has 0 aliphatic carbocycles. The van der Waals surface area contributed by atoms with Crippen molar-refractivity contribution in [3.05, 3.63) is 46.7 Å². The van der Waals surface area contributed by atoms with Crippen LogP contribution in [0, 0.1) is 0 Å². The highest BCUT2D eigenvalue weighted by Gasteiger charge is 2.35. The van der Waals surface area contributed by atoms with Crippen molar-refractivity contribution in [1.29, 1.82) is 0 Å². The number of hydrogen-bond donors (Lipinski definition) is 3. The third-order valence-corrected chi connectivity index (χ3v) is 3.43. The molecule has 8 heteroatoms. The first-order chi connectivity index (χ1) is 10.8. The Morgan fingerprint density at radius 1 is 1.30 bits per heavy atom. The molecule has 2 rings (SSSR count). The molecule has 5 nitrogen and oxygen atoms in total. The third-order valence-electron chi connectivity index (χ3n) is 3.43. The van der Waals surface area contributed by atoms with E-state index in [1.165, 1.54) is 12.1 Å². The van der Waals surface area contributed by atoms with Crippen LogP contribution in [0.15, 0.2) is 40.5 Å². The molecule has 0 saturated heterocycles. The summed E-state index contributed by atoms with van der Waals surface area (Å²) in [4.78, 5) is 14.8. The summed E-state index contributed by atoms with van der Waals surface area (Å²) in [5.74, 6) is -0.891. The Morgan fingerprint density at radius 3 is 2.52 bits per heavy atom. The number of benzene rings is 1. The van der Waals surface area contributed by atoms with E-state index in [0.717, 1.165) is 5.56 Å². The van der Waals surface area contributed by atoms with Gasteiger partial charge in [-0.05, 0) is 30.5 Å². The van der Waals surface area contributed by atoms with Crippen molar-refractivity contribution >= 4 is 11.8 Å². The van der Waals surface area contributed by atoms with Gasteiger partial charge in [-0.2, -0.15) is 13.2 Å². The van der Waals surface area contributed by atoms with Gasteiger partial charge in [-0.25, -0.2) is 4.79 Å². The van der Waals surface area contributed by atoms with Crippen LogP contribution in [-0.2, 0) is 6.54 Å². The summed E-state index contributed by atoms with van der Waals surface area (Å²) in [6.45, 7) is 0.669. The molecule has 1 aromatic rings. The molecule has 0 fully saturated rings. The topological polar surface area (TPSA) is 87.7 Å². The SMILES string of the molecule is NC(=C1CCCN=C1NCc1ccc(C(=O)O)cc1)C(F)(F)F. The molecule has 0 amide bonds. The first kappa shape index (κ1) is 16.9. The standard InChI is InChI=1S/C15H16F3N3O2/c16-15(17,18)12(19)11-2-1-7-20-13(11)21-8-9-3-5-10(6-4-9)14(22)23/h3-6H,1-2,7-8,19H2,(H,20,21)(H,22,23). The van der Waals surface area contributed by atoms with E-state index < -0.39 is 17.8 Å². The fourth-order valence-electron chi connectivity index (χ4n) is 2.21. The highest BCUT2D eigenvalue weighted by atomic mass is 19.4. The Morgan fingerprint density at radius 2 is 1.96 bits per heavy atom. The molecular weight excluding hydrogens is 311 g/mol. The minimum atomic E-state index is -4.59. The van der Waals surface area contributed by atoms with Crippen LogP contribution in [0.5, 0.6) is 0 Å². The summed E-state index contributed by atoms with van der Waals surface area (Å²) >= 11 is 0. The number of carboxylic acids is 1. The fourth-order valence-corrected chi connectivity index (χ4v) is 2.21. The zero-order valence-corrected chi connectivity index (χ0v) is 12.2. The monoisotopic (exact) mass is 327 g/mol. The number of carboxylic acid groups (broad SMARTS) is 1. The highest BCUT2D eigenvalue weighted by Crippen LogP contribution is 2.27. The van der Waals surface area contributed by atoms with Gasteiger partial charge in [0, 0.05) is 18.7 Å². The molecule has 0 saturated carbocycles. The largest absolute Gasteiger partial charge is 0.478 e. The maximum absolute atomic E-state index is 12.8. The summed E-state index contributed by atoms with van der Waals surface area (Å²) in [7, 11) is 0. The molecule has 1 aliphatic rings. The number of rotatable bonds is 3. The predicted molar refractivity (Wildman–Crippen MR) is 79.0 cm³/mol. The van der Waals surface area contributed by atoms with Crippen LogP contribution in [0.4, 0.5) is 13.2 Å². The molecule has 124 valence electrons. The van der Waals surface area contributed by atoms with E-state index in [9.17, 15) is 18.0 Å². The van der Waals surface area contributed by atoms with E-state index in [-0.39, 0.29) is 29.9 Å². The van der Waals surface area contributed by atoms with Crippen molar-refractivity contribution in [2.24, 2.45) is 10.7 Å². The van der Waals surface area contributed by atoms with Crippen LogP contribution in [0.1, 0.15) is 28.8 Å². The fraction of sp³-hybridized carbons (Fsp3) is 0.333. The molecule has 0 unspecified atom stereocenters. The second kappa shape index (κ2) is 6.72. The van der Waals surface area contributed by atoms with Crippen LogP contribution in [0.2, 0.25) is 0 Å². The van der Waals surface area contributed by atoms with E-state index in [1.807, 2.05) is 0 Å². The number of allylic oxidation sites excluding steroid dienone is 1. The van der Waals surface area contributed by atoms with Gasteiger partial charge in [0.25, 0.3) is 0 Å². The molecule has 0 atom stereocenters. The van der Waals surface area contributed by atoms with Gasteiger partial charge in [-0.15, -0.1) is 0 Å². The second-order valence-corrected chi connectivity index (χ2v) is 5.08. The summed E-state index contributed by atoms with van der Waals surface area (Å²) < 4.78 is 38.3. The number of nitrogens with zero attached hydrogens (tertiary/aromatic N) is 1. The average molecular weight is 327 g/mol. The predicted octanol–water partition coefficient (Wildman–Crippen LogP) is 2.44. The molecule has 23 heavy (non-hydrogen) atoms. The number of aliphatic imine (C=N–C) groups is 1. The van der Waals surface area contributed by atoms with Crippen molar-refractivity contribution in [2.75, 3.05) is 6.54 Å². The number of nitrogens with two attached hydrogens (primary N) is 1. The minimum Gasteiger partial charge on any atom is -0.478 e. The number of halogens is 3. The lowest BCUT2D eigenvalue weighted by atomic mass is 10.0.